The van der Waals surface area contributed by atoms with Crippen molar-refractivity contribution in [2.24, 2.45) is 5.92 Å². The van der Waals surface area contributed by atoms with Crippen LogP contribution in [0.15, 0.2) is 18.2 Å². The minimum Gasteiger partial charge on any atom is -0.469 e. The second-order valence-corrected chi connectivity index (χ2v) is 4.37. The molecule has 1 aliphatic rings. The molecule has 2 heteroatoms. The van der Waals surface area contributed by atoms with E-state index < -0.39 is 0 Å². The van der Waals surface area contributed by atoms with Crippen LogP contribution in [0.2, 0.25) is 0 Å². The number of methoxy groups -OCH3 is 1. The Kier molecular flexibility index (Phi) is 2.76. The molecule has 1 aromatic carbocycles. The smallest absolute Gasteiger partial charge is 0.309 e. The normalized spacial score (nSPS) is 18.7. The van der Waals surface area contributed by atoms with E-state index in [4.69, 9.17) is 0 Å². The van der Waals surface area contributed by atoms with Gasteiger partial charge in [0.2, 0.25) is 0 Å². The van der Waals surface area contributed by atoms with E-state index in [1.54, 1.807) is 0 Å². The van der Waals surface area contributed by atoms with Crippen LogP contribution in [-0.2, 0) is 28.8 Å². The molecule has 0 aromatic heterocycles. The molecule has 2 nitrogen and oxygen atoms in total. The first-order valence-electron chi connectivity index (χ1n) is 5.36. The summed E-state index contributed by atoms with van der Waals surface area (Å²) in [5, 5.41) is 0. The van der Waals surface area contributed by atoms with Gasteiger partial charge in [0, 0.05) is 0 Å². The Morgan fingerprint density at radius 3 is 2.87 bits per heavy atom. The van der Waals surface area contributed by atoms with Crippen LogP contribution in [0.25, 0.3) is 0 Å². The zero-order valence-electron chi connectivity index (χ0n) is 9.25. The van der Waals surface area contributed by atoms with Gasteiger partial charge in [0.25, 0.3) is 0 Å². The molecular weight excluding hydrogens is 188 g/mol. The molecule has 15 heavy (non-hydrogen) atoms. The van der Waals surface area contributed by atoms with Gasteiger partial charge < -0.3 is 4.74 Å². The van der Waals surface area contributed by atoms with Crippen LogP contribution in [0.3, 0.4) is 0 Å². The Morgan fingerprint density at radius 2 is 2.13 bits per heavy atom. The molecule has 0 fully saturated rings. The molecule has 0 spiro atoms. The van der Waals surface area contributed by atoms with E-state index in [0.717, 1.165) is 17.9 Å². The van der Waals surface area contributed by atoms with E-state index in [2.05, 4.69) is 23.8 Å². The Hall–Kier alpha value is -1.31. The maximum atomic E-state index is 11.1. The number of carbonyl (C=O) groups is 1. The predicted molar refractivity (Wildman–Crippen MR) is 58.7 cm³/mol. The van der Waals surface area contributed by atoms with E-state index in [0.29, 0.717) is 6.42 Å². The van der Waals surface area contributed by atoms with E-state index in [1.165, 1.54) is 24.7 Å². The van der Waals surface area contributed by atoms with Gasteiger partial charge >= 0.3 is 5.97 Å². The van der Waals surface area contributed by atoms with E-state index in [1.807, 2.05) is 6.07 Å². The molecule has 1 atom stereocenters. The lowest BCUT2D eigenvalue weighted by atomic mass is 10.0. The van der Waals surface area contributed by atoms with Crippen molar-refractivity contribution in [3.05, 3.63) is 34.9 Å². The monoisotopic (exact) mass is 204 g/mol. The summed E-state index contributed by atoms with van der Waals surface area (Å²) >= 11 is 0. The Labute approximate surface area is 90.3 Å². The van der Waals surface area contributed by atoms with Crippen LogP contribution < -0.4 is 0 Å². The van der Waals surface area contributed by atoms with Gasteiger partial charge in [-0.2, -0.15) is 0 Å². The SMILES string of the molecule is COC(=O)Cc1ccc2c(c1)CC(C)C2. The summed E-state index contributed by atoms with van der Waals surface area (Å²) in [6, 6.07) is 6.33. The van der Waals surface area contributed by atoms with Gasteiger partial charge in [-0.05, 0) is 35.4 Å². The summed E-state index contributed by atoms with van der Waals surface area (Å²) in [5.41, 5.74) is 3.91. The molecule has 0 N–H and O–H groups in total. The first-order valence-corrected chi connectivity index (χ1v) is 5.36. The number of fused-ring (bicyclic) bond motifs is 1. The average Bonchev–Trinajstić information content (AvgIpc) is 2.57. The van der Waals surface area contributed by atoms with Crippen molar-refractivity contribution in [2.45, 2.75) is 26.2 Å². The number of hydrogen-bond acceptors (Lipinski definition) is 2. The molecule has 0 bridgehead atoms. The number of benzene rings is 1. The van der Waals surface area contributed by atoms with Crippen LogP contribution in [-0.4, -0.2) is 13.1 Å². The van der Waals surface area contributed by atoms with Crippen molar-refractivity contribution >= 4 is 5.97 Å². The highest BCUT2D eigenvalue weighted by molar-refractivity contribution is 5.72. The molecule has 0 saturated carbocycles. The average molecular weight is 204 g/mol. The molecule has 2 rings (SSSR count). The third-order valence-electron chi connectivity index (χ3n) is 2.98. The highest BCUT2D eigenvalue weighted by Crippen LogP contribution is 2.27. The lowest BCUT2D eigenvalue weighted by molar-refractivity contribution is -0.139. The summed E-state index contributed by atoms with van der Waals surface area (Å²) < 4.78 is 4.66. The van der Waals surface area contributed by atoms with Crippen molar-refractivity contribution in [1.82, 2.24) is 0 Å². The zero-order valence-corrected chi connectivity index (χ0v) is 9.25. The summed E-state index contributed by atoms with van der Waals surface area (Å²) in [4.78, 5) is 11.1. The molecule has 0 heterocycles. The van der Waals surface area contributed by atoms with Gasteiger partial charge in [0.05, 0.1) is 13.5 Å². The second-order valence-electron chi connectivity index (χ2n) is 4.37. The molecule has 1 aromatic rings. The van der Waals surface area contributed by atoms with E-state index in [9.17, 15) is 4.79 Å². The minimum atomic E-state index is -0.166. The lowest BCUT2D eigenvalue weighted by Gasteiger charge is -2.03. The van der Waals surface area contributed by atoms with Crippen LogP contribution in [0.4, 0.5) is 0 Å². The molecule has 0 amide bonds. The molecule has 0 saturated heterocycles. The molecule has 0 aliphatic heterocycles. The summed E-state index contributed by atoms with van der Waals surface area (Å²) in [6.45, 7) is 2.26. The summed E-state index contributed by atoms with van der Waals surface area (Å²) in [7, 11) is 1.43. The standard InChI is InChI=1S/C13H16O2/c1-9-5-11-4-3-10(7-12(11)6-9)8-13(14)15-2/h3-4,7,9H,5-6,8H2,1-2H3. The Morgan fingerprint density at radius 1 is 1.40 bits per heavy atom. The number of ether oxygens (including phenoxy) is 1. The fraction of sp³-hybridized carbons (Fsp3) is 0.462. The molecule has 0 radical (unpaired) electrons. The summed E-state index contributed by atoms with van der Waals surface area (Å²) in [5.74, 6) is 0.578. The third kappa shape index (κ3) is 2.20. The fourth-order valence-corrected chi connectivity index (χ4v) is 2.24. The first kappa shape index (κ1) is 10.2. The molecule has 1 unspecified atom stereocenters. The fourth-order valence-electron chi connectivity index (χ4n) is 2.24. The van der Waals surface area contributed by atoms with Gasteiger partial charge in [0.15, 0.2) is 0 Å². The number of esters is 1. The highest BCUT2D eigenvalue weighted by atomic mass is 16.5. The predicted octanol–water partition coefficient (Wildman–Crippen LogP) is 2.14. The van der Waals surface area contributed by atoms with Gasteiger partial charge in [-0.1, -0.05) is 25.1 Å². The van der Waals surface area contributed by atoms with Crippen molar-refractivity contribution < 1.29 is 9.53 Å². The number of rotatable bonds is 2. The van der Waals surface area contributed by atoms with Crippen molar-refractivity contribution in [3.63, 3.8) is 0 Å². The van der Waals surface area contributed by atoms with Crippen LogP contribution >= 0.6 is 0 Å². The first-order chi connectivity index (χ1) is 7.19. The van der Waals surface area contributed by atoms with Crippen LogP contribution in [0, 0.1) is 5.92 Å². The van der Waals surface area contributed by atoms with Crippen LogP contribution in [0.1, 0.15) is 23.6 Å². The third-order valence-corrected chi connectivity index (χ3v) is 2.98. The minimum absolute atomic E-state index is 0.166. The maximum absolute atomic E-state index is 11.1. The van der Waals surface area contributed by atoms with Crippen molar-refractivity contribution in [1.29, 1.82) is 0 Å². The van der Waals surface area contributed by atoms with Gasteiger partial charge in [-0.25, -0.2) is 0 Å². The summed E-state index contributed by atoms with van der Waals surface area (Å²) in [6.07, 6.45) is 2.70. The zero-order chi connectivity index (χ0) is 10.8. The van der Waals surface area contributed by atoms with Gasteiger partial charge in [-0.15, -0.1) is 0 Å². The van der Waals surface area contributed by atoms with Crippen molar-refractivity contribution in [3.8, 4) is 0 Å². The van der Waals surface area contributed by atoms with Gasteiger partial charge in [0.1, 0.15) is 0 Å². The van der Waals surface area contributed by atoms with E-state index >= 15 is 0 Å². The molecule has 80 valence electrons. The van der Waals surface area contributed by atoms with E-state index in [-0.39, 0.29) is 5.97 Å². The highest BCUT2D eigenvalue weighted by Gasteiger charge is 2.17. The maximum Gasteiger partial charge on any atom is 0.309 e. The Balaban J connectivity index is 2.16. The largest absolute Gasteiger partial charge is 0.469 e. The number of hydrogen-bond donors (Lipinski definition) is 0. The van der Waals surface area contributed by atoms with Gasteiger partial charge in [-0.3, -0.25) is 4.79 Å². The Bertz CT molecular complexity index is 382. The second kappa shape index (κ2) is 4.05. The van der Waals surface area contributed by atoms with Crippen LogP contribution in [0.5, 0.6) is 0 Å². The topological polar surface area (TPSA) is 26.3 Å². The molecular formula is C13H16O2. The molecule has 1 aliphatic carbocycles. The lowest BCUT2D eigenvalue weighted by Crippen LogP contribution is -2.04. The van der Waals surface area contributed by atoms with Crippen molar-refractivity contribution in [2.75, 3.05) is 7.11 Å². The quantitative estimate of drug-likeness (QED) is 0.690. The number of carbonyl (C=O) groups excluding carboxylic acids is 1.